The fraction of sp³-hybridized carbons (Fsp3) is 0.500. The van der Waals surface area contributed by atoms with Gasteiger partial charge in [0.25, 0.3) is 0 Å². The van der Waals surface area contributed by atoms with Gasteiger partial charge in [0.2, 0.25) is 0 Å². The Morgan fingerprint density at radius 1 is 1.38 bits per heavy atom. The summed E-state index contributed by atoms with van der Waals surface area (Å²) in [5.41, 5.74) is 1.25. The number of anilines is 1. The zero-order chi connectivity index (χ0) is 11.5. The van der Waals surface area contributed by atoms with Crippen molar-refractivity contribution >= 4 is 5.69 Å². The van der Waals surface area contributed by atoms with Gasteiger partial charge in [0, 0.05) is 26.2 Å². The molecule has 0 bridgehead atoms. The van der Waals surface area contributed by atoms with Crippen LogP contribution in [0, 0.1) is 5.82 Å². The molecular formula is C12H17FN2O. The number of nitrogens with zero attached hydrogens (tertiary/aromatic N) is 1. The fourth-order valence-corrected chi connectivity index (χ4v) is 1.95. The maximum atomic E-state index is 13.8. The van der Waals surface area contributed by atoms with Crippen LogP contribution >= 0.6 is 0 Å². The van der Waals surface area contributed by atoms with Crippen molar-refractivity contribution < 1.29 is 9.50 Å². The van der Waals surface area contributed by atoms with E-state index in [-0.39, 0.29) is 5.82 Å². The second kappa shape index (κ2) is 4.80. The molecule has 1 aromatic rings. The highest BCUT2D eigenvalue weighted by Crippen LogP contribution is 2.23. The highest BCUT2D eigenvalue weighted by atomic mass is 19.1. The van der Waals surface area contributed by atoms with Crippen molar-refractivity contribution in [2.24, 2.45) is 0 Å². The first-order valence-electron chi connectivity index (χ1n) is 5.61. The van der Waals surface area contributed by atoms with Crippen molar-refractivity contribution in [3.8, 4) is 0 Å². The van der Waals surface area contributed by atoms with E-state index in [1.807, 2.05) is 4.90 Å². The quantitative estimate of drug-likeness (QED) is 0.794. The number of benzene rings is 1. The van der Waals surface area contributed by atoms with Gasteiger partial charge in [0.1, 0.15) is 5.82 Å². The summed E-state index contributed by atoms with van der Waals surface area (Å²) in [6.07, 6.45) is -0.619. The third-order valence-electron chi connectivity index (χ3n) is 2.91. The molecule has 1 aliphatic heterocycles. The molecule has 88 valence electrons. The van der Waals surface area contributed by atoms with Crippen molar-refractivity contribution in [3.63, 3.8) is 0 Å². The molecule has 0 saturated carbocycles. The lowest BCUT2D eigenvalue weighted by molar-refractivity contribution is 0.199. The van der Waals surface area contributed by atoms with E-state index in [2.05, 4.69) is 5.32 Å². The molecule has 1 fully saturated rings. The van der Waals surface area contributed by atoms with Gasteiger partial charge in [-0.25, -0.2) is 4.39 Å². The maximum absolute atomic E-state index is 13.8. The molecule has 16 heavy (non-hydrogen) atoms. The van der Waals surface area contributed by atoms with E-state index in [1.165, 1.54) is 6.07 Å². The molecule has 0 spiro atoms. The van der Waals surface area contributed by atoms with Gasteiger partial charge in [-0.2, -0.15) is 0 Å². The minimum atomic E-state index is -0.619. The van der Waals surface area contributed by atoms with E-state index in [0.717, 1.165) is 26.2 Å². The van der Waals surface area contributed by atoms with Gasteiger partial charge in [-0.1, -0.05) is 6.07 Å². The van der Waals surface area contributed by atoms with E-state index in [9.17, 15) is 9.50 Å². The minimum absolute atomic E-state index is 0.250. The van der Waals surface area contributed by atoms with Gasteiger partial charge in [-0.15, -0.1) is 0 Å². The Morgan fingerprint density at radius 2 is 2.06 bits per heavy atom. The van der Waals surface area contributed by atoms with Gasteiger partial charge < -0.3 is 15.3 Å². The molecule has 0 amide bonds. The summed E-state index contributed by atoms with van der Waals surface area (Å²) < 4.78 is 13.8. The normalized spacial score (nSPS) is 18.6. The first-order chi connectivity index (χ1) is 7.68. The van der Waals surface area contributed by atoms with Gasteiger partial charge in [0.05, 0.1) is 11.8 Å². The van der Waals surface area contributed by atoms with Crippen LogP contribution in [0.15, 0.2) is 18.2 Å². The van der Waals surface area contributed by atoms with Crippen LogP contribution in [0.2, 0.25) is 0 Å². The number of halogens is 1. The van der Waals surface area contributed by atoms with E-state index >= 15 is 0 Å². The molecular weight excluding hydrogens is 207 g/mol. The van der Waals surface area contributed by atoms with Gasteiger partial charge in [-0.3, -0.25) is 0 Å². The SMILES string of the molecule is C[C@@H](O)c1ccc(N2CCNCC2)c(F)c1. The summed E-state index contributed by atoms with van der Waals surface area (Å²) >= 11 is 0. The molecule has 2 rings (SSSR count). The van der Waals surface area contributed by atoms with Crippen molar-refractivity contribution in [2.75, 3.05) is 31.1 Å². The second-order valence-corrected chi connectivity index (χ2v) is 4.12. The van der Waals surface area contributed by atoms with E-state index in [1.54, 1.807) is 19.1 Å². The highest BCUT2D eigenvalue weighted by molar-refractivity contribution is 5.49. The van der Waals surface area contributed by atoms with Crippen molar-refractivity contribution in [2.45, 2.75) is 13.0 Å². The summed E-state index contributed by atoms with van der Waals surface area (Å²) in [5.74, 6) is -0.250. The first-order valence-corrected chi connectivity index (χ1v) is 5.61. The predicted molar refractivity (Wildman–Crippen MR) is 62.1 cm³/mol. The van der Waals surface area contributed by atoms with Crippen LogP contribution in [0.1, 0.15) is 18.6 Å². The van der Waals surface area contributed by atoms with Gasteiger partial charge in [-0.05, 0) is 24.6 Å². The largest absolute Gasteiger partial charge is 0.389 e. The minimum Gasteiger partial charge on any atom is -0.389 e. The number of nitrogens with one attached hydrogen (secondary N) is 1. The molecule has 4 heteroatoms. The van der Waals surface area contributed by atoms with Crippen LogP contribution in [0.3, 0.4) is 0 Å². The van der Waals surface area contributed by atoms with Crippen molar-refractivity contribution in [1.29, 1.82) is 0 Å². The molecule has 2 N–H and O–H groups in total. The van der Waals surface area contributed by atoms with Crippen LogP contribution in [0.4, 0.5) is 10.1 Å². The Kier molecular flexibility index (Phi) is 3.41. The maximum Gasteiger partial charge on any atom is 0.146 e. The standard InChI is InChI=1S/C12H17FN2O/c1-9(16)10-2-3-12(11(13)8-10)15-6-4-14-5-7-15/h2-3,8-9,14,16H,4-7H2,1H3/t9-/m1/s1. The van der Waals surface area contributed by atoms with Crippen LogP contribution in [0.25, 0.3) is 0 Å². The molecule has 0 radical (unpaired) electrons. The lowest BCUT2D eigenvalue weighted by Crippen LogP contribution is -2.43. The summed E-state index contributed by atoms with van der Waals surface area (Å²) in [7, 11) is 0. The van der Waals surface area contributed by atoms with Gasteiger partial charge in [0.15, 0.2) is 0 Å². The van der Waals surface area contributed by atoms with Gasteiger partial charge >= 0.3 is 0 Å². The molecule has 1 saturated heterocycles. The van der Waals surface area contributed by atoms with E-state index < -0.39 is 6.10 Å². The number of aliphatic hydroxyl groups excluding tert-OH is 1. The van der Waals surface area contributed by atoms with Crippen LogP contribution in [-0.2, 0) is 0 Å². The van der Waals surface area contributed by atoms with E-state index in [0.29, 0.717) is 11.3 Å². The average Bonchev–Trinajstić information content (AvgIpc) is 2.30. The van der Waals surface area contributed by atoms with Crippen molar-refractivity contribution in [1.82, 2.24) is 5.32 Å². The average molecular weight is 224 g/mol. The number of hydrogen-bond acceptors (Lipinski definition) is 3. The number of piperazine rings is 1. The lowest BCUT2D eigenvalue weighted by Gasteiger charge is -2.29. The number of hydrogen-bond donors (Lipinski definition) is 2. The lowest BCUT2D eigenvalue weighted by atomic mass is 10.1. The Morgan fingerprint density at radius 3 is 2.62 bits per heavy atom. The molecule has 1 aromatic carbocycles. The molecule has 1 heterocycles. The Hall–Kier alpha value is -1.13. The molecule has 1 aliphatic rings. The van der Waals surface area contributed by atoms with Crippen molar-refractivity contribution in [3.05, 3.63) is 29.6 Å². The Labute approximate surface area is 94.9 Å². The first kappa shape index (κ1) is 11.4. The predicted octanol–water partition coefficient (Wildman–Crippen LogP) is 1.29. The summed E-state index contributed by atoms with van der Waals surface area (Å²) in [5, 5.41) is 12.6. The topological polar surface area (TPSA) is 35.5 Å². The third-order valence-corrected chi connectivity index (χ3v) is 2.91. The molecule has 3 nitrogen and oxygen atoms in total. The Balaban J connectivity index is 2.21. The Bertz CT molecular complexity index is 362. The summed E-state index contributed by atoms with van der Waals surface area (Å²) in [6, 6.07) is 4.95. The van der Waals surface area contributed by atoms with E-state index in [4.69, 9.17) is 0 Å². The molecule has 0 aromatic heterocycles. The number of aliphatic hydroxyl groups is 1. The molecule has 0 aliphatic carbocycles. The zero-order valence-electron chi connectivity index (χ0n) is 9.41. The second-order valence-electron chi connectivity index (χ2n) is 4.12. The smallest absolute Gasteiger partial charge is 0.146 e. The summed E-state index contributed by atoms with van der Waals surface area (Å²) in [4.78, 5) is 2.03. The third kappa shape index (κ3) is 2.33. The van der Waals surface area contributed by atoms with Crippen LogP contribution in [-0.4, -0.2) is 31.3 Å². The molecule has 1 atom stereocenters. The highest BCUT2D eigenvalue weighted by Gasteiger charge is 2.15. The zero-order valence-corrected chi connectivity index (χ0v) is 9.41. The van der Waals surface area contributed by atoms with Crippen LogP contribution < -0.4 is 10.2 Å². The molecule has 0 unspecified atom stereocenters. The summed E-state index contributed by atoms with van der Waals surface area (Å²) in [6.45, 7) is 5.06. The van der Waals surface area contributed by atoms with Crippen LogP contribution in [0.5, 0.6) is 0 Å². The monoisotopic (exact) mass is 224 g/mol. The fourth-order valence-electron chi connectivity index (χ4n) is 1.95. The number of rotatable bonds is 2.